The van der Waals surface area contributed by atoms with Gasteiger partial charge in [0.15, 0.2) is 23.1 Å². The van der Waals surface area contributed by atoms with Gasteiger partial charge in [0.05, 0.1) is 0 Å². The molecule has 0 heterocycles. The molecule has 0 aromatic heterocycles. The molecule has 4 heteroatoms. The van der Waals surface area contributed by atoms with Gasteiger partial charge in [-0.1, -0.05) is 51.0 Å². The Morgan fingerprint density at radius 1 is 0.522 bits per heavy atom. The molecule has 0 N–H and O–H groups in total. The van der Waals surface area contributed by atoms with Gasteiger partial charge in [-0.15, -0.1) is 0 Å². The van der Waals surface area contributed by atoms with E-state index in [-0.39, 0.29) is 21.7 Å². The van der Waals surface area contributed by atoms with Crippen molar-refractivity contribution in [3.63, 3.8) is 0 Å². The predicted molar refractivity (Wildman–Crippen MR) is 182 cm³/mol. The van der Waals surface area contributed by atoms with Crippen molar-refractivity contribution in [2.45, 2.75) is 131 Å². The maximum atomic E-state index is 12.5. The van der Waals surface area contributed by atoms with Gasteiger partial charge in [-0.05, 0) is 159 Å². The van der Waals surface area contributed by atoms with Crippen LogP contribution in [0.25, 0.3) is 0 Å². The SMILES string of the molecule is C/C=C1/C(=O)CC2C3CCC4=CC(=O)CCC4(C)C3CCC12C.C/C=C1\C(=O)CC2C3CCC4=CC(=O)CC[C@]4(C)C3CC[C@]12C. The van der Waals surface area contributed by atoms with Gasteiger partial charge in [-0.3, -0.25) is 19.2 Å². The molecule has 0 aromatic rings. The molecule has 4 nitrogen and oxygen atoms in total. The first kappa shape index (κ1) is 32.2. The Labute approximate surface area is 277 Å². The van der Waals surface area contributed by atoms with Crippen LogP contribution in [-0.2, 0) is 19.2 Å². The molecule has 0 aliphatic heterocycles. The number of rotatable bonds is 0. The van der Waals surface area contributed by atoms with Gasteiger partial charge in [0.1, 0.15) is 0 Å². The Bertz CT molecular complexity index is 1390. The van der Waals surface area contributed by atoms with E-state index < -0.39 is 0 Å². The largest absolute Gasteiger partial charge is 0.295 e. The molecule has 6 fully saturated rings. The Morgan fingerprint density at radius 2 is 0.913 bits per heavy atom. The number of fused-ring (bicyclic) bond motifs is 10. The van der Waals surface area contributed by atoms with Crippen molar-refractivity contribution in [2.75, 3.05) is 0 Å². The number of hydrogen-bond donors (Lipinski definition) is 0. The smallest absolute Gasteiger partial charge is 0.159 e. The summed E-state index contributed by atoms with van der Waals surface area (Å²) in [6.07, 6.45) is 22.2. The zero-order valence-electron chi connectivity index (χ0n) is 29.3. The highest BCUT2D eigenvalue weighted by molar-refractivity contribution is 6.00. The maximum absolute atomic E-state index is 12.5. The number of carbonyl (C=O) groups is 4. The van der Waals surface area contributed by atoms with Gasteiger partial charge in [0.25, 0.3) is 0 Å². The van der Waals surface area contributed by atoms with Crippen LogP contribution in [0.1, 0.15) is 131 Å². The molecule has 8 rings (SSSR count). The van der Waals surface area contributed by atoms with E-state index >= 15 is 0 Å². The van der Waals surface area contributed by atoms with Crippen LogP contribution in [0.4, 0.5) is 0 Å². The molecule has 8 unspecified atom stereocenters. The van der Waals surface area contributed by atoms with Gasteiger partial charge in [-0.2, -0.15) is 0 Å². The third-order valence-corrected chi connectivity index (χ3v) is 15.9. The molecule has 0 spiro atoms. The van der Waals surface area contributed by atoms with Crippen LogP contribution >= 0.6 is 0 Å². The minimum Gasteiger partial charge on any atom is -0.295 e. The van der Waals surface area contributed by atoms with Crippen molar-refractivity contribution in [2.24, 2.45) is 57.2 Å². The number of Topliss-reactive ketones (excluding diaryl/α,β-unsaturated/α-hetero) is 2. The molecule has 0 bridgehead atoms. The van der Waals surface area contributed by atoms with E-state index in [0.717, 1.165) is 62.5 Å². The average molecular weight is 625 g/mol. The van der Waals surface area contributed by atoms with Gasteiger partial charge < -0.3 is 0 Å². The predicted octanol–water partition coefficient (Wildman–Crippen LogP) is 9.29. The number of ketones is 4. The first-order valence-corrected chi connectivity index (χ1v) is 18.7. The van der Waals surface area contributed by atoms with E-state index in [4.69, 9.17) is 0 Å². The lowest BCUT2D eigenvalue weighted by Crippen LogP contribution is -2.49. The standard InChI is InChI=1S/2C21H28O2/c2*1-4-16-19(23)12-18-15-6-5-13-11-14(22)7-9-20(13,2)17(15)8-10-21(16,18)3/h2*4,11,15,17-18H,5-10,12H2,1-3H3/b16-4+;16-4-/t15?,17?,18?,20-,21+;/m0./s1. The second-order valence-corrected chi connectivity index (χ2v) is 17.5. The summed E-state index contributed by atoms with van der Waals surface area (Å²) < 4.78 is 0. The molecule has 248 valence electrons. The highest BCUT2D eigenvalue weighted by Gasteiger charge is 2.61. The Kier molecular flexibility index (Phi) is 7.76. The summed E-state index contributed by atoms with van der Waals surface area (Å²) in [5, 5.41) is 0. The Balaban J connectivity index is 0.000000147. The van der Waals surface area contributed by atoms with Crippen LogP contribution in [0.15, 0.2) is 46.6 Å². The third kappa shape index (κ3) is 4.50. The van der Waals surface area contributed by atoms with E-state index in [1.807, 2.05) is 26.0 Å². The molecule has 0 saturated heterocycles. The first-order valence-electron chi connectivity index (χ1n) is 18.7. The lowest BCUT2D eigenvalue weighted by atomic mass is 9.47. The van der Waals surface area contributed by atoms with Gasteiger partial charge in [-0.25, -0.2) is 0 Å². The van der Waals surface area contributed by atoms with E-state index in [2.05, 4.69) is 39.8 Å². The van der Waals surface area contributed by atoms with Crippen LogP contribution in [-0.4, -0.2) is 23.1 Å². The molecule has 0 aromatic carbocycles. The quantitative estimate of drug-likeness (QED) is 0.252. The lowest BCUT2D eigenvalue weighted by molar-refractivity contribution is -0.118. The zero-order valence-corrected chi connectivity index (χ0v) is 29.3. The summed E-state index contributed by atoms with van der Waals surface area (Å²) in [7, 11) is 0. The van der Waals surface area contributed by atoms with Gasteiger partial charge >= 0.3 is 0 Å². The zero-order chi connectivity index (χ0) is 32.8. The third-order valence-electron chi connectivity index (χ3n) is 15.9. The van der Waals surface area contributed by atoms with Crippen LogP contribution in [0.5, 0.6) is 0 Å². The van der Waals surface area contributed by atoms with Crippen LogP contribution < -0.4 is 0 Å². The number of hydrogen-bond acceptors (Lipinski definition) is 4. The van der Waals surface area contributed by atoms with Crippen LogP contribution in [0.2, 0.25) is 0 Å². The second kappa shape index (κ2) is 11.1. The Morgan fingerprint density at radius 3 is 1.28 bits per heavy atom. The van der Waals surface area contributed by atoms with E-state index in [1.165, 1.54) is 36.8 Å². The molecule has 10 atom stereocenters. The fourth-order valence-corrected chi connectivity index (χ4v) is 13.4. The summed E-state index contributed by atoms with van der Waals surface area (Å²) in [4.78, 5) is 48.8. The molecule has 8 aliphatic rings. The summed E-state index contributed by atoms with van der Waals surface area (Å²) in [6.45, 7) is 13.5. The first-order chi connectivity index (χ1) is 21.8. The highest BCUT2D eigenvalue weighted by atomic mass is 16.1. The summed E-state index contributed by atoms with van der Waals surface area (Å²) in [6, 6.07) is 0. The summed E-state index contributed by atoms with van der Waals surface area (Å²) in [5.41, 5.74) is 5.66. The average Bonchev–Trinajstić information content (AvgIpc) is 3.44. The van der Waals surface area contributed by atoms with Gasteiger partial charge in [0, 0.05) is 25.7 Å². The van der Waals surface area contributed by atoms with Crippen molar-refractivity contribution >= 4 is 23.1 Å². The number of carbonyl (C=O) groups excluding carboxylic acids is 4. The molecule has 6 saturated carbocycles. The van der Waals surface area contributed by atoms with Crippen LogP contribution in [0.3, 0.4) is 0 Å². The minimum atomic E-state index is 0.106. The van der Waals surface area contributed by atoms with Crippen molar-refractivity contribution in [1.29, 1.82) is 0 Å². The van der Waals surface area contributed by atoms with Crippen molar-refractivity contribution in [1.82, 2.24) is 0 Å². The number of allylic oxidation sites excluding steroid dienone is 6. The maximum Gasteiger partial charge on any atom is 0.159 e. The van der Waals surface area contributed by atoms with E-state index in [0.29, 0.717) is 71.5 Å². The Hall–Kier alpha value is -2.36. The lowest BCUT2D eigenvalue weighted by Gasteiger charge is -2.57. The monoisotopic (exact) mass is 624 g/mol. The van der Waals surface area contributed by atoms with E-state index in [1.54, 1.807) is 0 Å². The summed E-state index contributed by atoms with van der Waals surface area (Å²) >= 11 is 0. The normalized spacial score (nSPS) is 47.9. The second-order valence-electron chi connectivity index (χ2n) is 17.5. The van der Waals surface area contributed by atoms with Crippen molar-refractivity contribution in [3.05, 3.63) is 46.6 Å². The molecule has 8 aliphatic carbocycles. The molecule has 0 radical (unpaired) electrons. The van der Waals surface area contributed by atoms with E-state index in [9.17, 15) is 19.2 Å². The minimum absolute atomic E-state index is 0.106. The van der Waals surface area contributed by atoms with Crippen molar-refractivity contribution < 1.29 is 19.2 Å². The highest BCUT2D eigenvalue weighted by Crippen LogP contribution is 2.67. The molecule has 0 amide bonds. The van der Waals surface area contributed by atoms with Crippen LogP contribution in [0, 0.1) is 57.2 Å². The van der Waals surface area contributed by atoms with Gasteiger partial charge in [0.2, 0.25) is 0 Å². The van der Waals surface area contributed by atoms with Crippen molar-refractivity contribution in [3.8, 4) is 0 Å². The fourth-order valence-electron chi connectivity index (χ4n) is 13.4. The molecular formula is C42H56O4. The molecular weight excluding hydrogens is 568 g/mol. The molecule has 46 heavy (non-hydrogen) atoms. The topological polar surface area (TPSA) is 68.3 Å². The fraction of sp³-hybridized carbons (Fsp3) is 0.714. The summed E-state index contributed by atoms with van der Waals surface area (Å²) in [5.74, 6) is 5.13.